The minimum absolute atomic E-state index is 0.163. The van der Waals surface area contributed by atoms with Gasteiger partial charge in [-0.1, -0.05) is 0 Å². The SMILES string of the molecule is O=C(Nc1ccc(-n2cccn2)nc1)c1ccc(N2CCCS2(=O)=O)cc1. The molecule has 1 aliphatic rings. The predicted molar refractivity (Wildman–Crippen MR) is 102 cm³/mol. The molecule has 0 aliphatic carbocycles. The summed E-state index contributed by atoms with van der Waals surface area (Å²) in [5.74, 6) is 0.519. The molecule has 4 rings (SSSR count). The van der Waals surface area contributed by atoms with Crippen molar-refractivity contribution in [3.8, 4) is 5.82 Å². The molecule has 1 amide bonds. The number of sulfonamides is 1. The summed E-state index contributed by atoms with van der Waals surface area (Å²) in [6.45, 7) is 0.474. The first-order valence-electron chi connectivity index (χ1n) is 8.41. The van der Waals surface area contributed by atoms with E-state index >= 15 is 0 Å². The normalized spacial score (nSPS) is 15.6. The van der Waals surface area contributed by atoms with Crippen molar-refractivity contribution in [3.05, 3.63) is 66.6 Å². The Morgan fingerprint density at radius 3 is 2.52 bits per heavy atom. The summed E-state index contributed by atoms with van der Waals surface area (Å²) in [5, 5.41) is 6.87. The number of nitrogens with one attached hydrogen (secondary N) is 1. The minimum Gasteiger partial charge on any atom is -0.321 e. The Labute approximate surface area is 156 Å². The van der Waals surface area contributed by atoms with Crippen LogP contribution in [0.4, 0.5) is 11.4 Å². The van der Waals surface area contributed by atoms with E-state index in [1.54, 1.807) is 65.7 Å². The third-order valence-corrected chi connectivity index (χ3v) is 6.13. The molecule has 1 fully saturated rings. The molecule has 138 valence electrons. The number of rotatable bonds is 4. The molecule has 0 unspecified atom stereocenters. The van der Waals surface area contributed by atoms with Gasteiger partial charge in [-0.3, -0.25) is 9.10 Å². The molecule has 3 heterocycles. The predicted octanol–water partition coefficient (Wildman–Crippen LogP) is 2.06. The van der Waals surface area contributed by atoms with Crippen LogP contribution in [-0.2, 0) is 10.0 Å². The van der Waals surface area contributed by atoms with Crippen LogP contribution in [0, 0.1) is 0 Å². The van der Waals surface area contributed by atoms with Gasteiger partial charge in [0, 0.05) is 24.5 Å². The van der Waals surface area contributed by atoms with Gasteiger partial charge in [0.1, 0.15) is 0 Å². The highest BCUT2D eigenvalue weighted by atomic mass is 32.2. The lowest BCUT2D eigenvalue weighted by atomic mass is 10.2. The fourth-order valence-electron chi connectivity index (χ4n) is 2.91. The zero-order valence-electron chi connectivity index (χ0n) is 14.3. The van der Waals surface area contributed by atoms with Crippen LogP contribution in [0.3, 0.4) is 0 Å². The molecule has 0 bridgehead atoms. The van der Waals surface area contributed by atoms with Crippen LogP contribution in [-0.4, -0.2) is 41.4 Å². The van der Waals surface area contributed by atoms with Crippen molar-refractivity contribution >= 4 is 27.3 Å². The van der Waals surface area contributed by atoms with Gasteiger partial charge in [-0.15, -0.1) is 0 Å². The fraction of sp³-hybridized carbons (Fsp3) is 0.167. The zero-order chi connectivity index (χ0) is 18.9. The summed E-state index contributed by atoms with van der Waals surface area (Å²) in [6.07, 6.45) is 5.61. The van der Waals surface area contributed by atoms with Crippen LogP contribution in [0.5, 0.6) is 0 Å². The van der Waals surface area contributed by atoms with Crippen molar-refractivity contribution < 1.29 is 13.2 Å². The molecule has 2 aromatic heterocycles. The van der Waals surface area contributed by atoms with Gasteiger partial charge < -0.3 is 5.32 Å². The van der Waals surface area contributed by atoms with E-state index in [-0.39, 0.29) is 11.7 Å². The van der Waals surface area contributed by atoms with Gasteiger partial charge >= 0.3 is 0 Å². The number of benzene rings is 1. The lowest BCUT2D eigenvalue weighted by Gasteiger charge is -2.17. The van der Waals surface area contributed by atoms with Gasteiger partial charge in [0.2, 0.25) is 10.0 Å². The maximum atomic E-state index is 12.4. The number of nitrogens with zero attached hydrogens (tertiary/aromatic N) is 4. The van der Waals surface area contributed by atoms with Crippen molar-refractivity contribution in [1.82, 2.24) is 14.8 Å². The third-order valence-electron chi connectivity index (χ3n) is 4.26. The quantitative estimate of drug-likeness (QED) is 0.744. The van der Waals surface area contributed by atoms with E-state index in [0.29, 0.717) is 35.7 Å². The van der Waals surface area contributed by atoms with Gasteiger partial charge in [-0.25, -0.2) is 18.1 Å². The van der Waals surface area contributed by atoms with Gasteiger partial charge in [-0.2, -0.15) is 5.10 Å². The van der Waals surface area contributed by atoms with E-state index in [1.165, 1.54) is 4.31 Å². The molecule has 1 N–H and O–H groups in total. The molecular formula is C18H17N5O3S. The number of carbonyl (C=O) groups is 1. The van der Waals surface area contributed by atoms with Crippen molar-refractivity contribution in [2.24, 2.45) is 0 Å². The second kappa shape index (κ2) is 6.84. The average Bonchev–Trinajstić information content (AvgIpc) is 3.32. The summed E-state index contributed by atoms with van der Waals surface area (Å²) in [4.78, 5) is 16.7. The highest BCUT2D eigenvalue weighted by molar-refractivity contribution is 7.93. The molecule has 0 radical (unpaired) electrons. The molecule has 1 aliphatic heterocycles. The second-order valence-electron chi connectivity index (χ2n) is 6.10. The molecule has 0 spiro atoms. The number of amides is 1. The number of hydrogen-bond acceptors (Lipinski definition) is 5. The molecule has 8 nitrogen and oxygen atoms in total. The largest absolute Gasteiger partial charge is 0.321 e. The average molecular weight is 383 g/mol. The summed E-state index contributed by atoms with van der Waals surface area (Å²) >= 11 is 0. The van der Waals surface area contributed by atoms with E-state index in [0.717, 1.165) is 0 Å². The molecule has 0 atom stereocenters. The summed E-state index contributed by atoms with van der Waals surface area (Å²) in [5.41, 5.74) is 1.57. The molecule has 1 saturated heterocycles. The second-order valence-corrected chi connectivity index (χ2v) is 8.11. The molecule has 3 aromatic rings. The number of pyridine rings is 1. The summed E-state index contributed by atoms with van der Waals surface area (Å²) in [7, 11) is -3.23. The van der Waals surface area contributed by atoms with Gasteiger partial charge in [-0.05, 0) is 48.9 Å². The molecule has 1 aromatic carbocycles. The van der Waals surface area contributed by atoms with E-state index < -0.39 is 10.0 Å². The Morgan fingerprint density at radius 2 is 1.93 bits per heavy atom. The third kappa shape index (κ3) is 3.54. The van der Waals surface area contributed by atoms with E-state index in [4.69, 9.17) is 0 Å². The van der Waals surface area contributed by atoms with Crippen LogP contribution in [0.25, 0.3) is 5.82 Å². The number of anilines is 2. The Hall–Kier alpha value is -3.20. The van der Waals surface area contributed by atoms with Crippen LogP contribution < -0.4 is 9.62 Å². The van der Waals surface area contributed by atoms with Gasteiger partial charge in [0.05, 0.1) is 23.3 Å². The standard InChI is InChI=1S/C18H17N5O3S/c24-18(21-15-5-8-17(19-13-15)22-10-1-9-20-22)14-3-6-16(7-4-14)23-11-2-12-27(23,25)26/h1,3-10,13H,2,11-12H2,(H,21,24). The van der Waals surface area contributed by atoms with E-state index in [2.05, 4.69) is 15.4 Å². The molecule has 27 heavy (non-hydrogen) atoms. The summed E-state index contributed by atoms with van der Waals surface area (Å²) in [6, 6.07) is 11.8. The maximum Gasteiger partial charge on any atom is 0.255 e. The monoisotopic (exact) mass is 383 g/mol. The highest BCUT2D eigenvalue weighted by Crippen LogP contribution is 2.24. The Morgan fingerprint density at radius 1 is 1.11 bits per heavy atom. The number of aromatic nitrogens is 3. The lowest BCUT2D eigenvalue weighted by Crippen LogP contribution is -2.25. The van der Waals surface area contributed by atoms with Crippen LogP contribution in [0.15, 0.2) is 61.1 Å². The van der Waals surface area contributed by atoms with Crippen molar-refractivity contribution in [2.75, 3.05) is 21.9 Å². The Kier molecular flexibility index (Phi) is 4.36. The minimum atomic E-state index is -3.23. The number of carbonyl (C=O) groups excluding carboxylic acids is 1. The lowest BCUT2D eigenvalue weighted by molar-refractivity contribution is 0.102. The first-order chi connectivity index (χ1) is 13.0. The van der Waals surface area contributed by atoms with E-state index in [9.17, 15) is 13.2 Å². The topological polar surface area (TPSA) is 97.2 Å². The van der Waals surface area contributed by atoms with Gasteiger partial charge in [0.15, 0.2) is 5.82 Å². The molecule has 9 heteroatoms. The van der Waals surface area contributed by atoms with E-state index in [1.807, 2.05) is 0 Å². The first-order valence-corrected chi connectivity index (χ1v) is 10.0. The highest BCUT2D eigenvalue weighted by Gasteiger charge is 2.28. The van der Waals surface area contributed by atoms with Crippen LogP contribution >= 0.6 is 0 Å². The molecule has 0 saturated carbocycles. The maximum absolute atomic E-state index is 12.4. The first kappa shape index (κ1) is 17.2. The van der Waals surface area contributed by atoms with Gasteiger partial charge in [0.25, 0.3) is 5.91 Å². The zero-order valence-corrected chi connectivity index (χ0v) is 15.1. The van der Waals surface area contributed by atoms with Crippen molar-refractivity contribution in [3.63, 3.8) is 0 Å². The van der Waals surface area contributed by atoms with Crippen molar-refractivity contribution in [2.45, 2.75) is 6.42 Å². The smallest absolute Gasteiger partial charge is 0.255 e. The van der Waals surface area contributed by atoms with Crippen LogP contribution in [0.2, 0.25) is 0 Å². The Bertz CT molecular complexity index is 1050. The number of hydrogen-bond donors (Lipinski definition) is 1. The Balaban J connectivity index is 1.45. The fourth-order valence-corrected chi connectivity index (χ4v) is 4.48. The summed E-state index contributed by atoms with van der Waals surface area (Å²) < 4.78 is 26.9. The van der Waals surface area contributed by atoms with Crippen LogP contribution in [0.1, 0.15) is 16.8 Å². The van der Waals surface area contributed by atoms with Crippen molar-refractivity contribution in [1.29, 1.82) is 0 Å². The molecular weight excluding hydrogens is 366 g/mol.